The van der Waals surface area contributed by atoms with Crippen LogP contribution in [-0.4, -0.2) is 24.2 Å². The number of esters is 1. The molecular formula is C15H18N2O3S. The van der Waals surface area contributed by atoms with Gasteiger partial charge in [-0.05, 0) is 31.5 Å². The van der Waals surface area contributed by atoms with Gasteiger partial charge in [-0.15, -0.1) is 11.3 Å². The van der Waals surface area contributed by atoms with Crippen LogP contribution in [0.3, 0.4) is 0 Å². The van der Waals surface area contributed by atoms with Crippen LogP contribution in [0.5, 0.6) is 5.75 Å². The molecule has 2 N–H and O–H groups in total. The largest absolute Gasteiger partial charge is 0.492 e. The second kappa shape index (κ2) is 7.08. The fourth-order valence-corrected chi connectivity index (χ4v) is 2.66. The van der Waals surface area contributed by atoms with Crippen molar-refractivity contribution >= 4 is 23.0 Å². The zero-order valence-electron chi connectivity index (χ0n) is 12.1. The van der Waals surface area contributed by atoms with Gasteiger partial charge in [0.1, 0.15) is 5.75 Å². The zero-order valence-corrected chi connectivity index (χ0v) is 12.9. The predicted octanol–water partition coefficient (Wildman–Crippen LogP) is 2.89. The molecule has 112 valence electrons. The molecule has 21 heavy (non-hydrogen) atoms. The van der Waals surface area contributed by atoms with Gasteiger partial charge in [0.2, 0.25) is 0 Å². The van der Waals surface area contributed by atoms with Crippen molar-refractivity contribution < 1.29 is 14.3 Å². The van der Waals surface area contributed by atoms with Crippen LogP contribution in [-0.2, 0) is 11.2 Å². The number of anilines is 1. The van der Waals surface area contributed by atoms with E-state index < -0.39 is 0 Å². The first-order valence-corrected chi connectivity index (χ1v) is 7.64. The van der Waals surface area contributed by atoms with Gasteiger partial charge in [0.15, 0.2) is 5.69 Å². The van der Waals surface area contributed by atoms with E-state index in [2.05, 4.69) is 4.98 Å². The second-order valence-electron chi connectivity index (χ2n) is 4.33. The lowest BCUT2D eigenvalue weighted by atomic mass is 10.1. The van der Waals surface area contributed by atoms with E-state index in [0.717, 1.165) is 10.6 Å². The van der Waals surface area contributed by atoms with E-state index in [0.29, 0.717) is 36.8 Å². The molecular weight excluding hydrogens is 288 g/mol. The molecule has 2 aromatic rings. The summed E-state index contributed by atoms with van der Waals surface area (Å²) in [5, 5.41) is 2.56. The maximum atomic E-state index is 11.6. The summed E-state index contributed by atoms with van der Waals surface area (Å²) in [7, 11) is 0. The van der Waals surface area contributed by atoms with Crippen molar-refractivity contribution in [3.63, 3.8) is 0 Å². The SMILES string of the molecule is CCOC(=O)c1csc(Cc2ccc(OCC)c(N)c2)n1. The molecule has 2 rings (SSSR count). The number of carbonyl (C=O) groups excluding carboxylic acids is 1. The van der Waals surface area contributed by atoms with Gasteiger partial charge >= 0.3 is 5.97 Å². The van der Waals surface area contributed by atoms with Crippen molar-refractivity contribution in [3.05, 3.63) is 39.8 Å². The monoisotopic (exact) mass is 306 g/mol. The maximum absolute atomic E-state index is 11.6. The molecule has 0 fully saturated rings. The van der Waals surface area contributed by atoms with Crippen molar-refractivity contribution in [2.75, 3.05) is 18.9 Å². The molecule has 0 bridgehead atoms. The van der Waals surface area contributed by atoms with Gasteiger partial charge in [0, 0.05) is 11.8 Å². The van der Waals surface area contributed by atoms with Crippen LogP contribution >= 0.6 is 11.3 Å². The Morgan fingerprint density at radius 3 is 2.81 bits per heavy atom. The molecule has 1 aromatic carbocycles. The van der Waals surface area contributed by atoms with Gasteiger partial charge in [-0.3, -0.25) is 0 Å². The van der Waals surface area contributed by atoms with Gasteiger partial charge in [-0.1, -0.05) is 6.07 Å². The lowest BCUT2D eigenvalue weighted by Gasteiger charge is -2.08. The first-order chi connectivity index (χ1) is 10.1. The van der Waals surface area contributed by atoms with Gasteiger partial charge in [0.25, 0.3) is 0 Å². The number of nitrogens with two attached hydrogens (primary N) is 1. The molecule has 0 spiro atoms. The summed E-state index contributed by atoms with van der Waals surface area (Å²) in [5.41, 5.74) is 7.93. The Kier molecular flexibility index (Phi) is 5.16. The fourth-order valence-electron chi connectivity index (χ4n) is 1.86. The first-order valence-electron chi connectivity index (χ1n) is 6.76. The Morgan fingerprint density at radius 2 is 2.14 bits per heavy atom. The van der Waals surface area contributed by atoms with Crippen LogP contribution in [0, 0.1) is 0 Å². The lowest BCUT2D eigenvalue weighted by molar-refractivity contribution is 0.0520. The average molecular weight is 306 g/mol. The minimum atomic E-state index is -0.383. The summed E-state index contributed by atoms with van der Waals surface area (Å²) in [6.45, 7) is 4.62. The molecule has 1 heterocycles. The van der Waals surface area contributed by atoms with Crippen LogP contribution < -0.4 is 10.5 Å². The Hall–Kier alpha value is -2.08. The number of thiazole rings is 1. The predicted molar refractivity (Wildman–Crippen MR) is 82.9 cm³/mol. The smallest absolute Gasteiger partial charge is 0.357 e. The highest BCUT2D eigenvalue weighted by Crippen LogP contribution is 2.24. The highest BCUT2D eigenvalue weighted by molar-refractivity contribution is 7.09. The Morgan fingerprint density at radius 1 is 1.33 bits per heavy atom. The van der Waals surface area contributed by atoms with E-state index in [9.17, 15) is 4.79 Å². The lowest BCUT2D eigenvalue weighted by Crippen LogP contribution is -2.05. The third kappa shape index (κ3) is 3.95. The molecule has 0 unspecified atom stereocenters. The standard InChI is InChI=1S/C15H18N2O3S/c1-3-19-13-6-5-10(7-11(13)16)8-14-17-12(9-21-14)15(18)20-4-2/h5-7,9H,3-4,8,16H2,1-2H3. The van der Waals surface area contributed by atoms with Crippen molar-refractivity contribution in [2.45, 2.75) is 20.3 Å². The fraction of sp³-hybridized carbons (Fsp3) is 0.333. The average Bonchev–Trinajstić information content (AvgIpc) is 2.91. The highest BCUT2D eigenvalue weighted by atomic mass is 32.1. The minimum Gasteiger partial charge on any atom is -0.492 e. The maximum Gasteiger partial charge on any atom is 0.357 e. The summed E-state index contributed by atoms with van der Waals surface area (Å²) >= 11 is 1.43. The van der Waals surface area contributed by atoms with Crippen molar-refractivity contribution in [2.24, 2.45) is 0 Å². The Labute approximate surface area is 127 Å². The first kappa shape index (κ1) is 15.3. The van der Waals surface area contributed by atoms with Gasteiger partial charge in [-0.25, -0.2) is 9.78 Å². The minimum absolute atomic E-state index is 0.348. The van der Waals surface area contributed by atoms with Crippen LogP contribution in [0.1, 0.15) is 34.9 Å². The van der Waals surface area contributed by atoms with Crippen LogP contribution in [0.2, 0.25) is 0 Å². The summed E-state index contributed by atoms with van der Waals surface area (Å²) in [6.07, 6.45) is 0.626. The molecule has 0 saturated carbocycles. The highest BCUT2D eigenvalue weighted by Gasteiger charge is 2.12. The number of aromatic nitrogens is 1. The van der Waals surface area contributed by atoms with E-state index in [1.807, 2.05) is 25.1 Å². The van der Waals surface area contributed by atoms with Crippen LogP contribution in [0.15, 0.2) is 23.6 Å². The molecule has 1 aromatic heterocycles. The van der Waals surface area contributed by atoms with E-state index in [1.165, 1.54) is 11.3 Å². The van der Waals surface area contributed by atoms with Crippen molar-refractivity contribution in [3.8, 4) is 5.75 Å². The molecule has 0 radical (unpaired) electrons. The number of nitrogens with zero attached hydrogens (tertiary/aromatic N) is 1. The summed E-state index contributed by atoms with van der Waals surface area (Å²) in [6, 6.07) is 5.68. The van der Waals surface area contributed by atoms with Crippen molar-refractivity contribution in [1.82, 2.24) is 4.98 Å². The second-order valence-corrected chi connectivity index (χ2v) is 5.27. The number of rotatable bonds is 6. The zero-order chi connectivity index (χ0) is 15.2. The van der Waals surface area contributed by atoms with Crippen LogP contribution in [0.4, 0.5) is 5.69 Å². The quantitative estimate of drug-likeness (QED) is 0.656. The number of nitrogen functional groups attached to an aromatic ring is 1. The molecule has 0 aliphatic heterocycles. The molecule has 0 aliphatic rings. The van der Waals surface area contributed by atoms with E-state index >= 15 is 0 Å². The van der Waals surface area contributed by atoms with Crippen LogP contribution in [0.25, 0.3) is 0 Å². The van der Waals surface area contributed by atoms with Gasteiger partial charge in [0.05, 0.1) is 23.9 Å². The van der Waals surface area contributed by atoms with E-state index in [-0.39, 0.29) is 5.97 Å². The summed E-state index contributed by atoms with van der Waals surface area (Å²) in [4.78, 5) is 15.9. The van der Waals surface area contributed by atoms with Gasteiger partial charge < -0.3 is 15.2 Å². The topological polar surface area (TPSA) is 74.4 Å². The number of hydrogen-bond acceptors (Lipinski definition) is 6. The molecule has 0 amide bonds. The number of ether oxygens (including phenoxy) is 2. The molecule has 5 nitrogen and oxygen atoms in total. The molecule has 0 saturated heterocycles. The van der Waals surface area contributed by atoms with Crippen molar-refractivity contribution in [1.29, 1.82) is 0 Å². The van der Waals surface area contributed by atoms with E-state index in [1.54, 1.807) is 12.3 Å². The summed E-state index contributed by atoms with van der Waals surface area (Å²) in [5.74, 6) is 0.304. The van der Waals surface area contributed by atoms with Gasteiger partial charge in [-0.2, -0.15) is 0 Å². The molecule has 0 atom stereocenters. The van der Waals surface area contributed by atoms with E-state index in [4.69, 9.17) is 15.2 Å². The third-order valence-electron chi connectivity index (χ3n) is 2.77. The molecule has 0 aliphatic carbocycles. The number of carbonyl (C=O) groups is 1. The Bertz CT molecular complexity index is 625. The Balaban J connectivity index is 2.08. The molecule has 6 heteroatoms. The third-order valence-corrected chi connectivity index (χ3v) is 3.61. The number of benzene rings is 1. The number of hydrogen-bond donors (Lipinski definition) is 1. The normalized spacial score (nSPS) is 10.4. The summed E-state index contributed by atoms with van der Waals surface area (Å²) < 4.78 is 10.3.